The van der Waals surface area contributed by atoms with E-state index in [2.05, 4.69) is 25.6 Å². The zero-order valence-electron chi connectivity index (χ0n) is 14.7. The fraction of sp³-hybridized carbons (Fsp3) is 0.211. The van der Waals surface area contributed by atoms with Crippen molar-refractivity contribution in [2.75, 3.05) is 0 Å². The molecule has 0 aliphatic carbocycles. The Kier molecular flexibility index (Phi) is 4.37. The van der Waals surface area contributed by atoms with Gasteiger partial charge >= 0.3 is 0 Å². The van der Waals surface area contributed by atoms with Crippen molar-refractivity contribution in [3.8, 4) is 0 Å². The summed E-state index contributed by atoms with van der Waals surface area (Å²) in [6, 6.07) is 14.4. The van der Waals surface area contributed by atoms with Gasteiger partial charge in [-0.25, -0.2) is 9.67 Å². The van der Waals surface area contributed by atoms with E-state index in [1.165, 1.54) is 4.68 Å². The average Bonchev–Trinajstić information content (AvgIpc) is 3.12. The predicted molar refractivity (Wildman–Crippen MR) is 101 cm³/mol. The van der Waals surface area contributed by atoms with Crippen LogP contribution in [0.1, 0.15) is 25.2 Å². The molecule has 2 aromatic heterocycles. The molecule has 0 radical (unpaired) electrons. The van der Waals surface area contributed by atoms with Gasteiger partial charge in [0.1, 0.15) is 11.3 Å². The van der Waals surface area contributed by atoms with E-state index in [9.17, 15) is 9.59 Å². The molecule has 0 aliphatic heterocycles. The minimum Gasteiger partial charge on any atom is -0.346 e. The minimum absolute atomic E-state index is 0.123. The van der Waals surface area contributed by atoms with Crippen molar-refractivity contribution < 1.29 is 4.79 Å². The van der Waals surface area contributed by atoms with E-state index in [1.807, 2.05) is 31.2 Å². The van der Waals surface area contributed by atoms with Gasteiger partial charge in [-0.15, -0.1) is 5.10 Å². The number of benzene rings is 2. The number of carbonyl (C=O) groups is 1. The molecule has 8 heteroatoms. The summed E-state index contributed by atoms with van der Waals surface area (Å²) in [5.41, 5.74) is 2.07. The lowest BCUT2D eigenvalue weighted by Crippen LogP contribution is -2.31. The van der Waals surface area contributed by atoms with Crippen LogP contribution in [-0.4, -0.2) is 30.9 Å². The van der Waals surface area contributed by atoms with Crippen molar-refractivity contribution in [3.63, 3.8) is 0 Å². The van der Waals surface area contributed by atoms with E-state index >= 15 is 0 Å². The number of aromatic nitrogens is 5. The quantitative estimate of drug-likeness (QED) is 0.564. The summed E-state index contributed by atoms with van der Waals surface area (Å²) in [6.07, 6.45) is 0.123. The molecule has 0 saturated heterocycles. The number of rotatable bonds is 5. The van der Waals surface area contributed by atoms with E-state index in [0.717, 1.165) is 11.0 Å². The summed E-state index contributed by atoms with van der Waals surface area (Å²) < 4.78 is 1.22. The van der Waals surface area contributed by atoms with Crippen molar-refractivity contribution >= 4 is 27.8 Å². The minimum atomic E-state index is -0.274. The number of para-hydroxylation sites is 2. The van der Waals surface area contributed by atoms with Gasteiger partial charge in [-0.2, -0.15) is 0 Å². The van der Waals surface area contributed by atoms with Crippen LogP contribution in [0.5, 0.6) is 0 Å². The smallest absolute Gasteiger partial charge is 0.277 e. The number of amides is 1. The standard InChI is InChI=1S/C19H18N6O2/c1-12(18-21-15-8-4-5-9-16(15)22-18)20-17(26)10-11-25-19(27)13-6-2-3-7-14(13)23-24-25/h2-9,12H,10-11H2,1H3,(H,20,26)(H,21,22). The normalized spacial score (nSPS) is 12.3. The number of hydrogen-bond acceptors (Lipinski definition) is 5. The first-order valence-electron chi connectivity index (χ1n) is 8.68. The van der Waals surface area contributed by atoms with Crippen molar-refractivity contribution in [1.29, 1.82) is 0 Å². The maximum atomic E-state index is 12.4. The Labute approximate surface area is 154 Å². The summed E-state index contributed by atoms with van der Waals surface area (Å²) >= 11 is 0. The fourth-order valence-corrected chi connectivity index (χ4v) is 2.94. The summed E-state index contributed by atoms with van der Waals surface area (Å²) in [4.78, 5) is 32.4. The molecule has 0 aliphatic rings. The maximum Gasteiger partial charge on any atom is 0.277 e. The molecular weight excluding hydrogens is 344 g/mol. The number of imidazole rings is 1. The molecule has 136 valence electrons. The lowest BCUT2D eigenvalue weighted by molar-refractivity contribution is -0.122. The Hall–Kier alpha value is -3.55. The highest BCUT2D eigenvalue weighted by Crippen LogP contribution is 2.15. The molecule has 0 saturated carbocycles. The Morgan fingerprint density at radius 3 is 2.70 bits per heavy atom. The highest BCUT2D eigenvalue weighted by atomic mass is 16.2. The summed E-state index contributed by atoms with van der Waals surface area (Å²) in [5, 5.41) is 11.3. The first-order chi connectivity index (χ1) is 13.1. The van der Waals surface area contributed by atoms with Gasteiger partial charge in [0.15, 0.2) is 0 Å². The molecular formula is C19H18N6O2. The predicted octanol–water partition coefficient (Wildman–Crippen LogP) is 1.94. The molecule has 1 atom stereocenters. The fourth-order valence-electron chi connectivity index (χ4n) is 2.94. The summed E-state index contributed by atoms with van der Waals surface area (Å²) in [7, 11) is 0. The number of fused-ring (bicyclic) bond motifs is 2. The Balaban J connectivity index is 1.42. The van der Waals surface area contributed by atoms with E-state index in [-0.39, 0.29) is 30.5 Å². The number of H-pyrrole nitrogens is 1. The first-order valence-corrected chi connectivity index (χ1v) is 8.68. The molecule has 2 heterocycles. The van der Waals surface area contributed by atoms with Crippen LogP contribution in [0, 0.1) is 0 Å². The number of aromatic amines is 1. The zero-order chi connectivity index (χ0) is 18.8. The highest BCUT2D eigenvalue weighted by molar-refractivity contribution is 5.78. The van der Waals surface area contributed by atoms with Crippen LogP contribution in [0.25, 0.3) is 21.9 Å². The van der Waals surface area contributed by atoms with Crippen LogP contribution in [0.4, 0.5) is 0 Å². The lowest BCUT2D eigenvalue weighted by atomic mass is 10.2. The summed E-state index contributed by atoms with van der Waals surface area (Å²) in [5.74, 6) is 0.497. The monoisotopic (exact) mass is 362 g/mol. The lowest BCUT2D eigenvalue weighted by Gasteiger charge is -2.11. The van der Waals surface area contributed by atoms with Crippen molar-refractivity contribution in [3.05, 3.63) is 64.7 Å². The molecule has 2 N–H and O–H groups in total. The van der Waals surface area contributed by atoms with Crippen LogP contribution in [-0.2, 0) is 11.3 Å². The third-order valence-corrected chi connectivity index (χ3v) is 4.38. The van der Waals surface area contributed by atoms with Crippen LogP contribution in [0.2, 0.25) is 0 Å². The van der Waals surface area contributed by atoms with E-state index in [0.29, 0.717) is 16.7 Å². The van der Waals surface area contributed by atoms with Gasteiger partial charge < -0.3 is 10.3 Å². The third-order valence-electron chi connectivity index (χ3n) is 4.38. The molecule has 8 nitrogen and oxygen atoms in total. The van der Waals surface area contributed by atoms with Crippen molar-refractivity contribution in [2.24, 2.45) is 0 Å². The van der Waals surface area contributed by atoms with Crippen molar-refractivity contribution in [1.82, 2.24) is 30.3 Å². The van der Waals surface area contributed by atoms with Gasteiger partial charge in [-0.3, -0.25) is 9.59 Å². The molecule has 4 aromatic rings. The van der Waals surface area contributed by atoms with Crippen LogP contribution in [0.15, 0.2) is 53.3 Å². The van der Waals surface area contributed by atoms with Gasteiger partial charge in [-0.05, 0) is 31.2 Å². The number of nitrogens with one attached hydrogen (secondary N) is 2. The Morgan fingerprint density at radius 2 is 1.89 bits per heavy atom. The first kappa shape index (κ1) is 16.9. The molecule has 0 spiro atoms. The second-order valence-corrected chi connectivity index (χ2v) is 6.31. The maximum absolute atomic E-state index is 12.4. The Bertz CT molecular complexity index is 1150. The molecule has 1 amide bonds. The van der Waals surface area contributed by atoms with E-state index < -0.39 is 0 Å². The number of carbonyl (C=O) groups excluding carboxylic acids is 1. The van der Waals surface area contributed by atoms with Gasteiger partial charge in [0, 0.05) is 6.42 Å². The van der Waals surface area contributed by atoms with Crippen LogP contribution in [0.3, 0.4) is 0 Å². The molecule has 2 aromatic carbocycles. The zero-order valence-corrected chi connectivity index (χ0v) is 14.7. The number of nitrogens with zero attached hydrogens (tertiary/aromatic N) is 4. The van der Waals surface area contributed by atoms with Crippen molar-refractivity contribution in [2.45, 2.75) is 25.9 Å². The highest BCUT2D eigenvalue weighted by Gasteiger charge is 2.14. The van der Waals surface area contributed by atoms with E-state index in [1.54, 1.807) is 24.3 Å². The summed E-state index contributed by atoms with van der Waals surface area (Å²) in [6.45, 7) is 2.02. The van der Waals surface area contributed by atoms with E-state index in [4.69, 9.17) is 0 Å². The SMILES string of the molecule is CC(NC(=O)CCn1nnc2ccccc2c1=O)c1nc2ccccc2[nH]1. The average molecular weight is 362 g/mol. The van der Waals surface area contributed by atoms with Crippen LogP contribution >= 0.6 is 0 Å². The molecule has 27 heavy (non-hydrogen) atoms. The molecule has 1 unspecified atom stereocenters. The molecule has 0 fully saturated rings. The number of aryl methyl sites for hydroxylation is 1. The molecule has 4 rings (SSSR count). The van der Waals surface area contributed by atoms with Crippen LogP contribution < -0.4 is 10.9 Å². The topological polar surface area (TPSA) is 106 Å². The number of hydrogen-bond donors (Lipinski definition) is 2. The van der Waals surface area contributed by atoms with Gasteiger partial charge in [0.2, 0.25) is 5.91 Å². The molecule has 0 bridgehead atoms. The van der Waals surface area contributed by atoms with Gasteiger partial charge in [0.25, 0.3) is 5.56 Å². The van der Waals surface area contributed by atoms with Gasteiger partial charge in [-0.1, -0.05) is 29.5 Å². The second kappa shape index (κ2) is 6.99. The second-order valence-electron chi connectivity index (χ2n) is 6.31. The van der Waals surface area contributed by atoms with Gasteiger partial charge in [0.05, 0.1) is 29.0 Å². The third kappa shape index (κ3) is 3.41. The Morgan fingerprint density at radius 1 is 1.15 bits per heavy atom. The largest absolute Gasteiger partial charge is 0.346 e.